The second kappa shape index (κ2) is 5.22. The molecule has 0 aliphatic carbocycles. The molecular weight excluding hydrogens is 258 g/mol. The van der Waals surface area contributed by atoms with E-state index in [4.69, 9.17) is 17.3 Å². The summed E-state index contributed by atoms with van der Waals surface area (Å²) in [5.41, 5.74) is 8.80. The van der Waals surface area contributed by atoms with E-state index in [1.54, 1.807) is 0 Å². The Hall–Kier alpha value is -0.930. The smallest absolute Gasteiger partial charge is 0.0656 e. The molecule has 0 spiro atoms. The van der Waals surface area contributed by atoms with Crippen LogP contribution in [0, 0.1) is 6.92 Å². The maximum atomic E-state index is 6.12. The minimum atomic E-state index is 0.567. The van der Waals surface area contributed by atoms with Crippen molar-refractivity contribution in [3.63, 3.8) is 0 Å². The molecule has 4 heteroatoms. The molecule has 104 valence electrons. The van der Waals surface area contributed by atoms with Crippen molar-refractivity contribution in [2.45, 2.75) is 44.7 Å². The maximum Gasteiger partial charge on any atom is 0.0656 e. The minimum Gasteiger partial charge on any atom is -0.398 e. The Bertz CT molecular complexity index is 475. The van der Waals surface area contributed by atoms with E-state index in [0.29, 0.717) is 16.8 Å². The number of anilines is 2. The second-order valence-electron chi connectivity index (χ2n) is 5.89. The van der Waals surface area contributed by atoms with E-state index < -0.39 is 0 Å². The van der Waals surface area contributed by atoms with Gasteiger partial charge in [0.25, 0.3) is 0 Å². The molecule has 0 radical (unpaired) electrons. The predicted octanol–water partition coefficient (Wildman–Crippen LogP) is 3.27. The van der Waals surface area contributed by atoms with Crippen LogP contribution in [-0.2, 0) is 0 Å². The summed E-state index contributed by atoms with van der Waals surface area (Å²) < 4.78 is 0. The van der Waals surface area contributed by atoms with Gasteiger partial charge in [0.2, 0.25) is 0 Å². The monoisotopic (exact) mass is 279 g/mol. The molecule has 3 N–H and O–H groups in total. The number of nitrogens with zero attached hydrogens (tertiary/aromatic N) is 1. The number of rotatable bonds is 2. The largest absolute Gasteiger partial charge is 0.398 e. The van der Waals surface area contributed by atoms with Crippen molar-refractivity contribution in [3.8, 4) is 0 Å². The summed E-state index contributed by atoms with van der Waals surface area (Å²) in [5.74, 6) is 0. The lowest BCUT2D eigenvalue weighted by atomic mass is 9.97. The molecule has 0 saturated carbocycles. The van der Waals surface area contributed by atoms with Gasteiger partial charge < -0.3 is 16.0 Å². The van der Waals surface area contributed by atoms with Crippen LogP contribution in [-0.4, -0.2) is 30.1 Å². The first kappa shape index (κ1) is 13.1. The van der Waals surface area contributed by atoms with Crippen molar-refractivity contribution in [3.05, 3.63) is 22.7 Å². The highest BCUT2D eigenvalue weighted by Crippen LogP contribution is 2.31. The number of halogens is 1. The maximum absolute atomic E-state index is 6.12. The summed E-state index contributed by atoms with van der Waals surface area (Å²) in [5, 5.41) is 4.31. The molecule has 3 rings (SSSR count). The highest BCUT2D eigenvalue weighted by Gasteiger charge is 2.31. The van der Waals surface area contributed by atoms with Gasteiger partial charge in [-0.2, -0.15) is 0 Å². The zero-order valence-electron chi connectivity index (χ0n) is 11.5. The van der Waals surface area contributed by atoms with Gasteiger partial charge in [0.05, 0.1) is 10.7 Å². The van der Waals surface area contributed by atoms with E-state index in [2.05, 4.69) is 17.1 Å². The van der Waals surface area contributed by atoms with Gasteiger partial charge in [0.1, 0.15) is 0 Å². The van der Waals surface area contributed by atoms with Crippen LogP contribution in [0.3, 0.4) is 0 Å². The number of hydrogen-bond acceptors (Lipinski definition) is 3. The molecular formula is C15H22ClN3. The molecule has 3 nitrogen and oxygen atoms in total. The zero-order chi connectivity index (χ0) is 13.4. The second-order valence-corrected chi connectivity index (χ2v) is 6.29. The average Bonchev–Trinajstić information content (AvgIpc) is 2.83. The molecule has 0 amide bonds. The summed E-state index contributed by atoms with van der Waals surface area (Å²) >= 11 is 6.12. The topological polar surface area (TPSA) is 41.3 Å². The number of hydrogen-bond donors (Lipinski definition) is 2. The first-order valence-corrected chi connectivity index (χ1v) is 7.57. The van der Waals surface area contributed by atoms with Crippen LogP contribution < -0.4 is 11.1 Å². The van der Waals surface area contributed by atoms with Gasteiger partial charge >= 0.3 is 0 Å². The summed E-state index contributed by atoms with van der Waals surface area (Å²) in [7, 11) is 0. The third kappa shape index (κ3) is 2.67. The Labute approximate surface area is 120 Å². The molecule has 0 aromatic heterocycles. The minimum absolute atomic E-state index is 0.567. The Morgan fingerprint density at radius 1 is 1.32 bits per heavy atom. The molecule has 1 aromatic carbocycles. The number of piperidine rings is 1. The summed E-state index contributed by atoms with van der Waals surface area (Å²) in [6, 6.07) is 5.27. The number of nitrogens with one attached hydrogen (secondary N) is 1. The molecule has 2 saturated heterocycles. The van der Waals surface area contributed by atoms with Crippen LogP contribution in [0.15, 0.2) is 12.1 Å². The number of fused-ring (bicyclic) bond motifs is 1. The van der Waals surface area contributed by atoms with E-state index in [9.17, 15) is 0 Å². The number of nitrogen functional groups attached to an aromatic ring is 1. The number of nitrogens with two attached hydrogens (primary N) is 1. The Morgan fingerprint density at radius 2 is 2.16 bits per heavy atom. The van der Waals surface area contributed by atoms with Crippen LogP contribution >= 0.6 is 11.6 Å². The van der Waals surface area contributed by atoms with Crippen LogP contribution in [0.5, 0.6) is 0 Å². The third-order valence-corrected chi connectivity index (χ3v) is 4.85. The molecule has 2 fully saturated rings. The Morgan fingerprint density at radius 3 is 3.00 bits per heavy atom. The number of benzene rings is 1. The van der Waals surface area contributed by atoms with Gasteiger partial charge in [-0.1, -0.05) is 11.6 Å². The first-order chi connectivity index (χ1) is 9.13. The summed E-state index contributed by atoms with van der Waals surface area (Å²) in [6.07, 6.45) is 5.20. The molecule has 1 aromatic rings. The van der Waals surface area contributed by atoms with Gasteiger partial charge in [-0.05, 0) is 56.8 Å². The quantitative estimate of drug-likeness (QED) is 0.817. The van der Waals surface area contributed by atoms with Crippen LogP contribution in [0.1, 0.15) is 31.2 Å². The fraction of sp³-hybridized carbons (Fsp3) is 0.600. The van der Waals surface area contributed by atoms with Crippen molar-refractivity contribution < 1.29 is 0 Å². The molecule has 2 aliphatic heterocycles. The molecule has 2 heterocycles. The third-order valence-electron chi connectivity index (χ3n) is 4.52. The van der Waals surface area contributed by atoms with E-state index in [0.717, 1.165) is 11.7 Å². The molecule has 0 bridgehead atoms. The fourth-order valence-corrected chi connectivity index (χ4v) is 3.60. The highest BCUT2D eigenvalue weighted by molar-refractivity contribution is 6.33. The van der Waals surface area contributed by atoms with Crippen molar-refractivity contribution in [1.82, 2.24) is 4.90 Å². The van der Waals surface area contributed by atoms with Gasteiger partial charge in [-0.3, -0.25) is 0 Å². The molecule has 2 atom stereocenters. The normalized spacial score (nSPS) is 27.3. The SMILES string of the molecule is Cc1cc(N)c(Cl)cc1NC1CCN2CCCC2C1. The summed E-state index contributed by atoms with van der Waals surface area (Å²) in [4.78, 5) is 2.64. The van der Waals surface area contributed by atoms with E-state index >= 15 is 0 Å². The molecule has 2 unspecified atom stereocenters. The van der Waals surface area contributed by atoms with Crippen molar-refractivity contribution in [2.75, 3.05) is 24.1 Å². The molecule has 2 aliphatic rings. The molecule has 19 heavy (non-hydrogen) atoms. The lowest BCUT2D eigenvalue weighted by molar-refractivity contribution is 0.188. The van der Waals surface area contributed by atoms with Crippen molar-refractivity contribution in [2.24, 2.45) is 0 Å². The van der Waals surface area contributed by atoms with E-state index in [-0.39, 0.29) is 0 Å². The van der Waals surface area contributed by atoms with Gasteiger partial charge in [0.15, 0.2) is 0 Å². The van der Waals surface area contributed by atoms with Gasteiger partial charge in [0, 0.05) is 24.3 Å². The predicted molar refractivity (Wildman–Crippen MR) is 81.8 cm³/mol. The zero-order valence-corrected chi connectivity index (χ0v) is 12.2. The fourth-order valence-electron chi connectivity index (χ4n) is 3.43. The number of aryl methyl sites for hydroxylation is 1. The summed E-state index contributed by atoms with van der Waals surface area (Å²) in [6.45, 7) is 4.61. The lowest BCUT2D eigenvalue weighted by Gasteiger charge is -2.35. The van der Waals surface area contributed by atoms with Crippen LogP contribution in [0.4, 0.5) is 11.4 Å². The van der Waals surface area contributed by atoms with Crippen molar-refractivity contribution in [1.29, 1.82) is 0 Å². The average molecular weight is 280 g/mol. The standard InChI is InChI=1S/C15H22ClN3/c1-10-7-14(17)13(16)9-15(10)18-11-4-6-19-5-2-3-12(19)8-11/h7,9,11-12,18H,2-6,8,17H2,1H3. The Balaban J connectivity index is 1.70. The first-order valence-electron chi connectivity index (χ1n) is 7.19. The van der Waals surface area contributed by atoms with Crippen LogP contribution in [0.25, 0.3) is 0 Å². The van der Waals surface area contributed by atoms with Crippen LogP contribution in [0.2, 0.25) is 5.02 Å². The van der Waals surface area contributed by atoms with Gasteiger partial charge in [-0.25, -0.2) is 0 Å². The van der Waals surface area contributed by atoms with Gasteiger partial charge in [-0.15, -0.1) is 0 Å². The van der Waals surface area contributed by atoms with E-state index in [1.807, 2.05) is 12.1 Å². The highest BCUT2D eigenvalue weighted by atomic mass is 35.5. The lowest BCUT2D eigenvalue weighted by Crippen LogP contribution is -2.42. The van der Waals surface area contributed by atoms with E-state index in [1.165, 1.54) is 44.3 Å². The van der Waals surface area contributed by atoms with Crippen molar-refractivity contribution >= 4 is 23.0 Å². The Kier molecular flexibility index (Phi) is 3.59.